The fourth-order valence-electron chi connectivity index (χ4n) is 4.99. The Balaban J connectivity index is 1.22. The molecule has 3 aliphatic heterocycles. The zero-order chi connectivity index (χ0) is 18.1. The SMILES string of the molecule is c1c[nH]c(CN2CCCn3nc(CN4CCN5CCCC[C@@H]5C4)cc3C2)n1. The number of aromatic nitrogens is 4. The first kappa shape index (κ1) is 17.4. The van der Waals surface area contributed by atoms with Gasteiger partial charge in [0.25, 0.3) is 0 Å². The van der Waals surface area contributed by atoms with Gasteiger partial charge in [0.15, 0.2) is 0 Å². The summed E-state index contributed by atoms with van der Waals surface area (Å²) in [5.41, 5.74) is 2.60. The van der Waals surface area contributed by atoms with Crippen molar-refractivity contribution in [3.05, 3.63) is 35.7 Å². The first-order valence-electron chi connectivity index (χ1n) is 10.6. The van der Waals surface area contributed by atoms with E-state index in [1.807, 2.05) is 12.4 Å². The average molecular weight is 370 g/mol. The number of imidazole rings is 1. The van der Waals surface area contributed by atoms with Gasteiger partial charge in [-0.15, -0.1) is 0 Å². The van der Waals surface area contributed by atoms with Gasteiger partial charge in [-0.05, 0) is 31.9 Å². The van der Waals surface area contributed by atoms with Crippen molar-refractivity contribution in [1.82, 2.24) is 34.4 Å². The number of nitrogens with one attached hydrogen (secondary N) is 1. The van der Waals surface area contributed by atoms with Crippen LogP contribution in [-0.2, 0) is 26.2 Å². The number of piperidine rings is 1. The van der Waals surface area contributed by atoms with Crippen molar-refractivity contribution in [1.29, 1.82) is 0 Å². The molecule has 2 saturated heterocycles. The van der Waals surface area contributed by atoms with E-state index in [-0.39, 0.29) is 0 Å². The van der Waals surface area contributed by atoms with Crippen LogP contribution in [0.25, 0.3) is 0 Å². The van der Waals surface area contributed by atoms with E-state index >= 15 is 0 Å². The summed E-state index contributed by atoms with van der Waals surface area (Å²) >= 11 is 0. The van der Waals surface area contributed by atoms with Crippen LogP contribution < -0.4 is 0 Å². The molecule has 5 heterocycles. The van der Waals surface area contributed by atoms with E-state index in [2.05, 4.69) is 35.4 Å². The lowest BCUT2D eigenvalue weighted by molar-refractivity contribution is 0.0450. The summed E-state index contributed by atoms with van der Waals surface area (Å²) in [6.45, 7) is 9.92. The smallest absolute Gasteiger partial charge is 0.120 e. The number of rotatable bonds is 4. The third kappa shape index (κ3) is 3.95. The Morgan fingerprint density at radius 3 is 2.93 bits per heavy atom. The van der Waals surface area contributed by atoms with Gasteiger partial charge >= 0.3 is 0 Å². The highest BCUT2D eigenvalue weighted by molar-refractivity contribution is 5.12. The third-order valence-electron chi connectivity index (χ3n) is 6.38. The van der Waals surface area contributed by atoms with Gasteiger partial charge in [-0.1, -0.05) is 6.42 Å². The van der Waals surface area contributed by atoms with Crippen molar-refractivity contribution < 1.29 is 0 Å². The molecule has 0 spiro atoms. The molecule has 0 aromatic carbocycles. The molecule has 0 bridgehead atoms. The Kier molecular flexibility index (Phi) is 4.98. The van der Waals surface area contributed by atoms with Crippen LogP contribution in [0.4, 0.5) is 0 Å². The van der Waals surface area contributed by atoms with E-state index in [9.17, 15) is 0 Å². The van der Waals surface area contributed by atoms with Crippen molar-refractivity contribution in [3.8, 4) is 0 Å². The molecular weight excluding hydrogens is 338 g/mol. The molecule has 7 nitrogen and oxygen atoms in total. The fourth-order valence-corrected chi connectivity index (χ4v) is 4.99. The maximum Gasteiger partial charge on any atom is 0.120 e. The number of hydrogen-bond donors (Lipinski definition) is 1. The first-order chi connectivity index (χ1) is 13.3. The molecule has 2 aromatic heterocycles. The van der Waals surface area contributed by atoms with Gasteiger partial charge in [-0.3, -0.25) is 19.4 Å². The predicted molar refractivity (Wildman–Crippen MR) is 104 cm³/mol. The zero-order valence-electron chi connectivity index (χ0n) is 16.2. The van der Waals surface area contributed by atoms with Crippen LogP contribution >= 0.6 is 0 Å². The normalized spacial score (nSPS) is 25.1. The highest BCUT2D eigenvalue weighted by Crippen LogP contribution is 2.23. The first-order valence-corrected chi connectivity index (χ1v) is 10.6. The number of fused-ring (bicyclic) bond motifs is 2. The van der Waals surface area contributed by atoms with Gasteiger partial charge in [-0.2, -0.15) is 5.10 Å². The molecule has 1 atom stereocenters. The maximum absolute atomic E-state index is 4.95. The minimum Gasteiger partial charge on any atom is -0.348 e. The fraction of sp³-hybridized carbons (Fsp3) is 0.700. The average Bonchev–Trinajstić information content (AvgIpc) is 3.28. The van der Waals surface area contributed by atoms with Gasteiger partial charge in [0.05, 0.1) is 17.9 Å². The Morgan fingerprint density at radius 1 is 1.00 bits per heavy atom. The molecule has 0 amide bonds. The summed E-state index contributed by atoms with van der Waals surface area (Å²) < 4.78 is 2.24. The topological polar surface area (TPSA) is 56.2 Å². The summed E-state index contributed by atoms with van der Waals surface area (Å²) in [6, 6.07) is 3.12. The van der Waals surface area contributed by atoms with E-state index in [0.29, 0.717) is 0 Å². The van der Waals surface area contributed by atoms with Crippen LogP contribution in [0.5, 0.6) is 0 Å². The Hall–Kier alpha value is -1.70. The Morgan fingerprint density at radius 2 is 2.00 bits per heavy atom. The van der Waals surface area contributed by atoms with E-state index in [1.165, 1.54) is 56.8 Å². The van der Waals surface area contributed by atoms with Gasteiger partial charge < -0.3 is 4.98 Å². The van der Waals surface area contributed by atoms with Crippen LogP contribution in [0.2, 0.25) is 0 Å². The van der Waals surface area contributed by atoms with E-state index in [0.717, 1.165) is 51.0 Å². The van der Waals surface area contributed by atoms with Crippen molar-refractivity contribution in [2.45, 2.75) is 57.9 Å². The summed E-state index contributed by atoms with van der Waals surface area (Å²) in [5.74, 6) is 1.05. The van der Waals surface area contributed by atoms with Crippen molar-refractivity contribution in [3.63, 3.8) is 0 Å². The molecule has 0 aliphatic carbocycles. The molecule has 1 N–H and O–H groups in total. The Bertz CT molecular complexity index is 738. The number of aryl methyl sites for hydroxylation is 1. The number of hydrogen-bond acceptors (Lipinski definition) is 5. The van der Waals surface area contributed by atoms with Crippen LogP contribution in [-0.4, -0.2) is 73.2 Å². The van der Waals surface area contributed by atoms with Gasteiger partial charge in [0, 0.05) is 64.2 Å². The Labute approximate surface area is 161 Å². The third-order valence-corrected chi connectivity index (χ3v) is 6.38. The molecule has 5 rings (SSSR count). The number of H-pyrrole nitrogens is 1. The monoisotopic (exact) mass is 369 g/mol. The molecule has 2 aromatic rings. The van der Waals surface area contributed by atoms with Crippen molar-refractivity contribution in [2.75, 3.05) is 32.7 Å². The second-order valence-electron chi connectivity index (χ2n) is 8.37. The van der Waals surface area contributed by atoms with E-state index in [4.69, 9.17) is 5.10 Å². The molecule has 7 heteroatoms. The molecule has 0 unspecified atom stereocenters. The van der Waals surface area contributed by atoms with Crippen LogP contribution in [0.15, 0.2) is 18.5 Å². The van der Waals surface area contributed by atoms with E-state index in [1.54, 1.807) is 0 Å². The lowest BCUT2D eigenvalue weighted by atomic mass is 9.99. The minimum atomic E-state index is 0.775. The lowest BCUT2D eigenvalue weighted by Crippen LogP contribution is -2.54. The van der Waals surface area contributed by atoms with E-state index < -0.39 is 0 Å². The number of aromatic amines is 1. The lowest BCUT2D eigenvalue weighted by Gasteiger charge is -2.43. The molecule has 0 radical (unpaired) electrons. The largest absolute Gasteiger partial charge is 0.348 e. The summed E-state index contributed by atoms with van der Waals surface area (Å²) in [6.07, 6.45) is 9.05. The standard InChI is InChI=1S/C20H31N7/c1-2-8-26-11-10-25(14-18(26)4-1)13-17-12-19-15-24(7-3-9-27(19)23-17)16-20-21-5-6-22-20/h5-6,12,18H,1-4,7-11,13-16H2,(H,21,22)/t18-/m1/s1. The highest BCUT2D eigenvalue weighted by Gasteiger charge is 2.29. The molecule has 27 heavy (non-hydrogen) atoms. The minimum absolute atomic E-state index is 0.775. The molecule has 146 valence electrons. The summed E-state index contributed by atoms with van der Waals surface area (Å²) in [7, 11) is 0. The summed E-state index contributed by atoms with van der Waals surface area (Å²) in [5, 5.41) is 4.95. The van der Waals surface area contributed by atoms with Gasteiger partial charge in [0.1, 0.15) is 5.82 Å². The van der Waals surface area contributed by atoms with Gasteiger partial charge in [0.2, 0.25) is 0 Å². The van der Waals surface area contributed by atoms with Crippen LogP contribution in [0.1, 0.15) is 42.9 Å². The maximum atomic E-state index is 4.95. The quantitative estimate of drug-likeness (QED) is 0.889. The van der Waals surface area contributed by atoms with Crippen molar-refractivity contribution >= 4 is 0 Å². The number of nitrogens with zero attached hydrogens (tertiary/aromatic N) is 6. The molecule has 3 aliphatic rings. The van der Waals surface area contributed by atoms with Crippen LogP contribution in [0.3, 0.4) is 0 Å². The molecule has 2 fully saturated rings. The second kappa shape index (κ2) is 7.73. The van der Waals surface area contributed by atoms with Crippen LogP contribution in [0, 0.1) is 0 Å². The van der Waals surface area contributed by atoms with Crippen molar-refractivity contribution in [2.24, 2.45) is 0 Å². The summed E-state index contributed by atoms with van der Waals surface area (Å²) in [4.78, 5) is 15.4. The highest BCUT2D eigenvalue weighted by atomic mass is 15.3. The number of piperazine rings is 1. The molecular formula is C20H31N7. The second-order valence-corrected chi connectivity index (χ2v) is 8.37. The van der Waals surface area contributed by atoms with Gasteiger partial charge in [-0.25, -0.2) is 4.98 Å². The molecule has 0 saturated carbocycles. The predicted octanol–water partition coefficient (Wildman–Crippen LogP) is 1.68. The zero-order valence-corrected chi connectivity index (χ0v) is 16.2.